The van der Waals surface area contributed by atoms with E-state index in [1.165, 1.54) is 0 Å². The zero-order valence-corrected chi connectivity index (χ0v) is 9.19. The van der Waals surface area contributed by atoms with Crippen LogP contribution in [-0.4, -0.2) is 24.2 Å². The zero-order valence-electron chi connectivity index (χ0n) is 9.19. The highest BCUT2D eigenvalue weighted by molar-refractivity contribution is 5.97. The molecule has 2 rings (SSSR count). The van der Waals surface area contributed by atoms with Crippen molar-refractivity contribution in [3.8, 4) is 5.75 Å². The van der Waals surface area contributed by atoms with Gasteiger partial charge in [0.1, 0.15) is 12.4 Å². The Hall–Kier alpha value is -1.55. The molecule has 4 nitrogen and oxygen atoms in total. The number of benzene rings is 1. The van der Waals surface area contributed by atoms with Gasteiger partial charge >= 0.3 is 0 Å². The molecule has 86 valence electrons. The Morgan fingerprint density at radius 1 is 1.56 bits per heavy atom. The molecule has 1 aliphatic rings. The monoisotopic (exact) mass is 221 g/mol. The third-order valence-corrected chi connectivity index (χ3v) is 2.66. The normalized spacial score (nSPS) is 16.8. The van der Waals surface area contributed by atoms with Crippen LogP contribution in [0.3, 0.4) is 0 Å². The summed E-state index contributed by atoms with van der Waals surface area (Å²) in [6.07, 6.45) is 0.0997. The summed E-state index contributed by atoms with van der Waals surface area (Å²) in [5, 5.41) is 12.5. The minimum absolute atomic E-state index is 0.141. The molecule has 0 saturated carbocycles. The Morgan fingerprint density at radius 2 is 2.38 bits per heavy atom. The minimum atomic E-state index is -0.527. The molecule has 4 heteroatoms. The molecule has 0 radical (unpaired) electrons. The van der Waals surface area contributed by atoms with Crippen molar-refractivity contribution < 1.29 is 14.6 Å². The van der Waals surface area contributed by atoms with Crippen LogP contribution in [0.15, 0.2) is 18.2 Å². The average Bonchev–Trinajstić information content (AvgIpc) is 2.50. The highest BCUT2D eigenvalue weighted by Crippen LogP contribution is 2.25. The lowest BCUT2D eigenvalue weighted by atomic mass is 10.0. The highest BCUT2D eigenvalue weighted by atomic mass is 16.5. The van der Waals surface area contributed by atoms with Crippen molar-refractivity contribution in [1.29, 1.82) is 0 Å². The molecule has 2 N–H and O–H groups in total. The number of nitrogens with one attached hydrogen (secondary N) is 1. The lowest BCUT2D eigenvalue weighted by Gasteiger charge is -2.11. The van der Waals surface area contributed by atoms with Crippen LogP contribution in [-0.2, 0) is 0 Å². The molecule has 1 heterocycles. The van der Waals surface area contributed by atoms with Gasteiger partial charge in [0.25, 0.3) is 5.91 Å². The van der Waals surface area contributed by atoms with E-state index in [9.17, 15) is 9.90 Å². The molecule has 0 unspecified atom stereocenters. The quantitative estimate of drug-likeness (QED) is 0.790. The Morgan fingerprint density at radius 3 is 3.12 bits per heavy atom. The average molecular weight is 221 g/mol. The maximum absolute atomic E-state index is 11.7. The lowest BCUT2D eigenvalue weighted by Crippen LogP contribution is -2.24. The van der Waals surface area contributed by atoms with Crippen molar-refractivity contribution in [3.63, 3.8) is 0 Å². The number of carbonyl (C=O) groups is 1. The lowest BCUT2D eigenvalue weighted by molar-refractivity contribution is 0.0957. The van der Waals surface area contributed by atoms with E-state index in [-0.39, 0.29) is 5.91 Å². The zero-order chi connectivity index (χ0) is 11.5. The number of aliphatic hydroxyl groups is 1. The standard InChI is InChI=1S/C12H15NO3/c1-2-10(14)8-3-4-11-9(7-8)12(15)13-5-6-16-11/h3-4,7,10,14H,2,5-6H2,1H3,(H,13,15)/t10-/m1/s1. The molecule has 16 heavy (non-hydrogen) atoms. The van der Waals surface area contributed by atoms with Crippen molar-refractivity contribution in [3.05, 3.63) is 29.3 Å². The van der Waals surface area contributed by atoms with Crippen LogP contribution in [0.2, 0.25) is 0 Å². The third kappa shape index (κ3) is 2.02. The number of aliphatic hydroxyl groups excluding tert-OH is 1. The number of rotatable bonds is 2. The van der Waals surface area contributed by atoms with Crippen molar-refractivity contribution in [2.75, 3.05) is 13.2 Å². The third-order valence-electron chi connectivity index (χ3n) is 2.66. The molecule has 0 saturated heterocycles. The molecule has 1 aromatic carbocycles. The summed E-state index contributed by atoms with van der Waals surface area (Å²) in [5.74, 6) is 0.444. The largest absolute Gasteiger partial charge is 0.491 e. The molecule has 0 aromatic heterocycles. The second-order valence-electron chi connectivity index (χ2n) is 3.78. The Balaban J connectivity index is 2.39. The van der Waals surface area contributed by atoms with Crippen LogP contribution in [0.5, 0.6) is 5.75 Å². The summed E-state index contributed by atoms with van der Waals surface area (Å²) >= 11 is 0. The maximum Gasteiger partial charge on any atom is 0.255 e. The Bertz CT molecular complexity index is 403. The number of hydrogen-bond donors (Lipinski definition) is 2. The van der Waals surface area contributed by atoms with Gasteiger partial charge < -0.3 is 15.2 Å². The van der Waals surface area contributed by atoms with Gasteiger partial charge in [-0.25, -0.2) is 0 Å². The maximum atomic E-state index is 11.7. The van der Waals surface area contributed by atoms with Gasteiger partial charge in [0.2, 0.25) is 0 Å². The number of fused-ring (bicyclic) bond motifs is 1. The first-order valence-electron chi connectivity index (χ1n) is 5.45. The molecular weight excluding hydrogens is 206 g/mol. The smallest absolute Gasteiger partial charge is 0.255 e. The summed E-state index contributed by atoms with van der Waals surface area (Å²) < 4.78 is 5.42. The number of carbonyl (C=O) groups excluding carboxylic acids is 1. The van der Waals surface area contributed by atoms with Gasteiger partial charge in [-0.05, 0) is 24.1 Å². The van der Waals surface area contributed by atoms with E-state index in [1.54, 1.807) is 18.2 Å². The van der Waals surface area contributed by atoms with Crippen LogP contribution < -0.4 is 10.1 Å². The highest BCUT2D eigenvalue weighted by Gasteiger charge is 2.18. The van der Waals surface area contributed by atoms with Crippen molar-refractivity contribution in [2.45, 2.75) is 19.4 Å². The van der Waals surface area contributed by atoms with Crippen molar-refractivity contribution >= 4 is 5.91 Å². The summed E-state index contributed by atoms with van der Waals surface area (Å²) in [7, 11) is 0. The van der Waals surface area contributed by atoms with E-state index < -0.39 is 6.10 Å². The molecule has 0 fully saturated rings. The topological polar surface area (TPSA) is 58.6 Å². The Kier molecular flexibility index (Phi) is 3.10. The van der Waals surface area contributed by atoms with Gasteiger partial charge in [0.15, 0.2) is 0 Å². The molecule has 1 aromatic rings. The number of ether oxygens (including phenoxy) is 1. The van der Waals surface area contributed by atoms with Crippen LogP contribution >= 0.6 is 0 Å². The first kappa shape index (κ1) is 11.0. The van der Waals surface area contributed by atoms with E-state index >= 15 is 0 Å². The SMILES string of the molecule is CC[C@@H](O)c1ccc2c(c1)C(=O)NCCO2. The first-order valence-corrected chi connectivity index (χ1v) is 5.45. The van der Waals surface area contributed by atoms with Crippen molar-refractivity contribution in [1.82, 2.24) is 5.32 Å². The van der Waals surface area contributed by atoms with Gasteiger partial charge in [-0.2, -0.15) is 0 Å². The fraction of sp³-hybridized carbons (Fsp3) is 0.417. The van der Waals surface area contributed by atoms with Gasteiger partial charge in [-0.3, -0.25) is 4.79 Å². The Labute approximate surface area is 94.2 Å². The summed E-state index contributed by atoms with van der Waals surface area (Å²) in [6, 6.07) is 5.24. The van der Waals surface area contributed by atoms with Gasteiger partial charge in [0, 0.05) is 0 Å². The molecule has 0 aliphatic carbocycles. The van der Waals surface area contributed by atoms with E-state index in [2.05, 4.69) is 5.32 Å². The minimum Gasteiger partial charge on any atom is -0.491 e. The molecule has 0 bridgehead atoms. The van der Waals surface area contributed by atoms with Crippen LogP contribution in [0.4, 0.5) is 0 Å². The summed E-state index contributed by atoms with van der Waals surface area (Å²) in [6.45, 7) is 2.89. The number of amides is 1. The molecular formula is C12H15NO3. The van der Waals surface area contributed by atoms with Crippen LogP contribution in [0, 0.1) is 0 Å². The predicted molar refractivity (Wildman–Crippen MR) is 59.5 cm³/mol. The molecule has 0 spiro atoms. The van der Waals surface area contributed by atoms with E-state index in [4.69, 9.17) is 4.74 Å². The first-order chi connectivity index (χ1) is 7.72. The van der Waals surface area contributed by atoms with Crippen LogP contribution in [0.25, 0.3) is 0 Å². The number of hydrogen-bond acceptors (Lipinski definition) is 3. The van der Waals surface area contributed by atoms with E-state index in [0.29, 0.717) is 30.9 Å². The fourth-order valence-corrected chi connectivity index (χ4v) is 1.71. The second-order valence-corrected chi connectivity index (χ2v) is 3.78. The van der Waals surface area contributed by atoms with Crippen molar-refractivity contribution in [2.24, 2.45) is 0 Å². The van der Waals surface area contributed by atoms with E-state index in [0.717, 1.165) is 5.56 Å². The van der Waals surface area contributed by atoms with Crippen LogP contribution in [0.1, 0.15) is 35.4 Å². The van der Waals surface area contributed by atoms with Gasteiger partial charge in [-0.1, -0.05) is 13.0 Å². The predicted octanol–water partition coefficient (Wildman–Crippen LogP) is 1.25. The fourth-order valence-electron chi connectivity index (χ4n) is 1.71. The summed E-state index contributed by atoms with van der Waals surface area (Å²) in [5.41, 5.74) is 1.25. The van der Waals surface area contributed by atoms with Gasteiger partial charge in [0.05, 0.1) is 18.2 Å². The van der Waals surface area contributed by atoms with E-state index in [1.807, 2.05) is 6.92 Å². The summed E-state index contributed by atoms with van der Waals surface area (Å²) in [4.78, 5) is 11.7. The second kappa shape index (κ2) is 4.53. The molecule has 1 amide bonds. The molecule has 1 atom stereocenters. The molecule has 1 aliphatic heterocycles. The van der Waals surface area contributed by atoms with Gasteiger partial charge in [-0.15, -0.1) is 0 Å².